The molecular weight excluding hydrogens is 156 g/mol. The number of ketones is 1. The number of carbonyl (C=O) groups excluding carboxylic acids is 1. The second-order valence-corrected chi connectivity index (χ2v) is 3.68. The zero-order valence-electron chi connectivity index (χ0n) is 7.34. The zero-order valence-corrected chi connectivity index (χ0v) is 7.34. The molecule has 3 heteroatoms. The van der Waals surface area contributed by atoms with E-state index in [2.05, 4.69) is 0 Å². The van der Waals surface area contributed by atoms with Crippen LogP contribution in [0, 0.1) is 5.92 Å². The molecule has 0 radical (unpaired) electrons. The highest BCUT2D eigenvalue weighted by atomic mass is 16.7. The van der Waals surface area contributed by atoms with Gasteiger partial charge in [-0.1, -0.05) is 6.92 Å². The van der Waals surface area contributed by atoms with E-state index < -0.39 is 5.79 Å². The average Bonchev–Trinajstić information content (AvgIpc) is 2.47. The van der Waals surface area contributed by atoms with Gasteiger partial charge in [0.25, 0.3) is 0 Å². The fourth-order valence-electron chi connectivity index (χ4n) is 2.00. The third-order valence-corrected chi connectivity index (χ3v) is 2.73. The predicted octanol–water partition coefficient (Wildman–Crippen LogP) is 1.12. The molecule has 2 rings (SSSR count). The monoisotopic (exact) mass is 170 g/mol. The largest absolute Gasteiger partial charge is 0.347 e. The molecule has 2 aliphatic rings. The van der Waals surface area contributed by atoms with Gasteiger partial charge in [0.15, 0.2) is 5.79 Å². The molecule has 1 heterocycles. The van der Waals surface area contributed by atoms with E-state index in [1.807, 2.05) is 6.92 Å². The van der Waals surface area contributed by atoms with E-state index in [4.69, 9.17) is 9.47 Å². The molecule has 1 spiro atoms. The van der Waals surface area contributed by atoms with E-state index in [1.165, 1.54) is 0 Å². The van der Waals surface area contributed by atoms with E-state index in [0.29, 0.717) is 25.4 Å². The number of carbonyl (C=O) groups is 1. The summed E-state index contributed by atoms with van der Waals surface area (Å²) in [4.78, 5) is 11.2. The summed E-state index contributed by atoms with van der Waals surface area (Å²) in [5.74, 6) is 0.0597. The molecule has 68 valence electrons. The molecule has 12 heavy (non-hydrogen) atoms. The maximum Gasteiger partial charge on any atom is 0.169 e. The Bertz CT molecular complexity index is 194. The van der Waals surface area contributed by atoms with Crippen LogP contribution in [-0.2, 0) is 14.3 Å². The highest BCUT2D eigenvalue weighted by molar-refractivity contribution is 5.81. The minimum Gasteiger partial charge on any atom is -0.347 e. The van der Waals surface area contributed by atoms with Crippen molar-refractivity contribution in [1.82, 2.24) is 0 Å². The maximum atomic E-state index is 11.2. The smallest absolute Gasteiger partial charge is 0.169 e. The average molecular weight is 170 g/mol. The molecule has 0 aromatic heterocycles. The van der Waals surface area contributed by atoms with Crippen molar-refractivity contribution >= 4 is 5.78 Å². The molecule has 0 amide bonds. The second kappa shape index (κ2) is 2.82. The Morgan fingerprint density at radius 2 is 2.08 bits per heavy atom. The fraction of sp³-hybridized carbons (Fsp3) is 0.889. The first kappa shape index (κ1) is 8.20. The summed E-state index contributed by atoms with van der Waals surface area (Å²) in [5, 5.41) is 0. The lowest BCUT2D eigenvalue weighted by Gasteiger charge is -2.33. The molecule has 2 fully saturated rings. The lowest BCUT2D eigenvalue weighted by Crippen LogP contribution is -2.39. The standard InChI is InChI=1S/C9H14O3/c1-7-6-9(3-2-8(7)10)11-4-5-12-9/h7H,2-6H2,1H3/t7-/m0/s1. The molecular formula is C9H14O3. The Morgan fingerprint density at radius 1 is 1.42 bits per heavy atom. The Balaban J connectivity index is 2.05. The van der Waals surface area contributed by atoms with Crippen molar-refractivity contribution in [1.29, 1.82) is 0 Å². The first-order valence-corrected chi connectivity index (χ1v) is 4.52. The van der Waals surface area contributed by atoms with Gasteiger partial charge in [-0.05, 0) is 0 Å². The van der Waals surface area contributed by atoms with Crippen molar-refractivity contribution in [2.24, 2.45) is 5.92 Å². The van der Waals surface area contributed by atoms with Gasteiger partial charge in [-0.3, -0.25) is 4.79 Å². The molecule has 1 saturated heterocycles. The molecule has 3 nitrogen and oxygen atoms in total. The molecule has 1 aliphatic heterocycles. The van der Waals surface area contributed by atoms with Crippen LogP contribution in [0.15, 0.2) is 0 Å². The normalized spacial score (nSPS) is 34.4. The van der Waals surface area contributed by atoms with Crippen molar-refractivity contribution < 1.29 is 14.3 Å². The van der Waals surface area contributed by atoms with E-state index in [-0.39, 0.29) is 5.92 Å². The summed E-state index contributed by atoms with van der Waals surface area (Å²) in [6.45, 7) is 3.32. The summed E-state index contributed by atoms with van der Waals surface area (Å²) in [6, 6.07) is 0. The number of hydrogen-bond acceptors (Lipinski definition) is 3. The van der Waals surface area contributed by atoms with E-state index in [9.17, 15) is 4.79 Å². The van der Waals surface area contributed by atoms with Crippen LogP contribution in [0.4, 0.5) is 0 Å². The fourth-order valence-corrected chi connectivity index (χ4v) is 2.00. The summed E-state index contributed by atoms with van der Waals surface area (Å²) >= 11 is 0. The predicted molar refractivity (Wildman–Crippen MR) is 42.7 cm³/mol. The van der Waals surface area contributed by atoms with E-state index in [1.54, 1.807) is 0 Å². The minimum atomic E-state index is -0.396. The van der Waals surface area contributed by atoms with Crippen molar-refractivity contribution in [3.05, 3.63) is 0 Å². The highest BCUT2D eigenvalue weighted by Gasteiger charge is 2.42. The van der Waals surface area contributed by atoms with Gasteiger partial charge in [0.1, 0.15) is 5.78 Å². The number of ether oxygens (including phenoxy) is 2. The van der Waals surface area contributed by atoms with E-state index >= 15 is 0 Å². The molecule has 0 aromatic rings. The highest BCUT2D eigenvalue weighted by Crippen LogP contribution is 2.36. The van der Waals surface area contributed by atoms with Crippen LogP contribution in [-0.4, -0.2) is 24.8 Å². The van der Waals surface area contributed by atoms with Crippen molar-refractivity contribution in [3.63, 3.8) is 0 Å². The third kappa shape index (κ3) is 1.27. The summed E-state index contributed by atoms with van der Waals surface area (Å²) < 4.78 is 11.1. The molecule has 0 aromatic carbocycles. The van der Waals surface area contributed by atoms with Crippen LogP contribution >= 0.6 is 0 Å². The Hall–Kier alpha value is -0.410. The molecule has 0 N–H and O–H groups in total. The molecule has 0 bridgehead atoms. The van der Waals surface area contributed by atoms with Gasteiger partial charge in [0.2, 0.25) is 0 Å². The van der Waals surface area contributed by atoms with Gasteiger partial charge in [-0.2, -0.15) is 0 Å². The lowest BCUT2D eigenvalue weighted by atomic mass is 9.85. The third-order valence-electron chi connectivity index (χ3n) is 2.73. The Labute approximate surface area is 72.0 Å². The SMILES string of the molecule is C[C@H]1CC2(CCC1=O)OCCO2. The van der Waals surface area contributed by atoms with Gasteiger partial charge in [-0.15, -0.1) is 0 Å². The van der Waals surface area contributed by atoms with Crippen LogP contribution in [0.3, 0.4) is 0 Å². The molecule has 0 unspecified atom stereocenters. The van der Waals surface area contributed by atoms with Crippen LogP contribution < -0.4 is 0 Å². The topological polar surface area (TPSA) is 35.5 Å². The Kier molecular flexibility index (Phi) is 1.93. The van der Waals surface area contributed by atoms with Gasteiger partial charge in [0.05, 0.1) is 13.2 Å². The summed E-state index contributed by atoms with van der Waals surface area (Å²) in [6.07, 6.45) is 2.10. The second-order valence-electron chi connectivity index (χ2n) is 3.68. The van der Waals surface area contributed by atoms with Crippen LogP contribution in [0.5, 0.6) is 0 Å². The quantitative estimate of drug-likeness (QED) is 0.546. The lowest BCUT2D eigenvalue weighted by molar-refractivity contribution is -0.187. The number of Topliss-reactive ketones (excluding diaryl/α,β-unsaturated/α-hetero) is 1. The maximum absolute atomic E-state index is 11.2. The molecule has 1 atom stereocenters. The number of rotatable bonds is 0. The first-order chi connectivity index (χ1) is 5.72. The molecule has 1 saturated carbocycles. The van der Waals surface area contributed by atoms with Gasteiger partial charge in [0, 0.05) is 25.2 Å². The van der Waals surface area contributed by atoms with E-state index in [0.717, 1.165) is 12.8 Å². The van der Waals surface area contributed by atoms with Crippen molar-refractivity contribution in [2.45, 2.75) is 32.0 Å². The molecule has 1 aliphatic carbocycles. The van der Waals surface area contributed by atoms with Gasteiger partial charge < -0.3 is 9.47 Å². The van der Waals surface area contributed by atoms with Gasteiger partial charge in [-0.25, -0.2) is 0 Å². The Morgan fingerprint density at radius 3 is 2.67 bits per heavy atom. The van der Waals surface area contributed by atoms with Crippen LogP contribution in [0.1, 0.15) is 26.2 Å². The van der Waals surface area contributed by atoms with Crippen LogP contribution in [0.2, 0.25) is 0 Å². The van der Waals surface area contributed by atoms with Crippen molar-refractivity contribution in [2.75, 3.05) is 13.2 Å². The van der Waals surface area contributed by atoms with Gasteiger partial charge >= 0.3 is 0 Å². The van der Waals surface area contributed by atoms with Crippen molar-refractivity contribution in [3.8, 4) is 0 Å². The number of hydrogen-bond donors (Lipinski definition) is 0. The minimum absolute atomic E-state index is 0.108. The first-order valence-electron chi connectivity index (χ1n) is 4.52. The zero-order chi connectivity index (χ0) is 8.60. The van der Waals surface area contributed by atoms with Crippen LogP contribution in [0.25, 0.3) is 0 Å². The summed E-state index contributed by atoms with van der Waals surface area (Å²) in [5.41, 5.74) is 0. The summed E-state index contributed by atoms with van der Waals surface area (Å²) in [7, 11) is 0.